The third kappa shape index (κ3) is 2.30. The van der Waals surface area contributed by atoms with Gasteiger partial charge in [-0.15, -0.1) is 0 Å². The second kappa shape index (κ2) is 4.22. The molecular weight excluding hydrogens is 195 g/mol. The maximum atomic E-state index is 11.0. The number of rotatable bonds is 5. The molecule has 78 valence electrons. The van der Waals surface area contributed by atoms with E-state index in [1.807, 2.05) is 0 Å². The average Bonchev–Trinajstić information content (AvgIpc) is 1.96. The maximum absolute atomic E-state index is 11.0. The molecule has 0 aliphatic rings. The minimum atomic E-state index is -4.58. The van der Waals surface area contributed by atoms with Crippen LogP contribution in [0.15, 0.2) is 0 Å². The highest BCUT2D eigenvalue weighted by Gasteiger charge is 2.51. The molecule has 6 heteroatoms. The van der Waals surface area contributed by atoms with Gasteiger partial charge >= 0.3 is 13.6 Å². The Kier molecular flexibility index (Phi) is 4.10. The van der Waals surface area contributed by atoms with Crippen molar-refractivity contribution in [2.45, 2.75) is 38.3 Å². The molecule has 0 aliphatic heterocycles. The molecule has 0 aromatic heterocycles. The van der Waals surface area contributed by atoms with Crippen molar-refractivity contribution in [2.24, 2.45) is 0 Å². The first-order valence-electron chi connectivity index (χ1n) is 4.11. The molecule has 13 heavy (non-hydrogen) atoms. The quantitative estimate of drug-likeness (QED) is 0.592. The molecule has 0 saturated heterocycles. The van der Waals surface area contributed by atoms with Gasteiger partial charge in [-0.25, -0.2) is 0 Å². The van der Waals surface area contributed by atoms with Gasteiger partial charge in [-0.05, 0) is 12.8 Å². The Labute approximate surface area is 76.9 Å². The molecule has 0 heterocycles. The summed E-state index contributed by atoms with van der Waals surface area (Å²) in [4.78, 5) is 28.7. The van der Waals surface area contributed by atoms with Gasteiger partial charge in [0.05, 0.1) is 0 Å². The molecule has 0 bridgehead atoms. The van der Waals surface area contributed by atoms with Crippen LogP contribution in [0.5, 0.6) is 0 Å². The van der Waals surface area contributed by atoms with E-state index < -0.39 is 18.7 Å². The highest BCUT2D eigenvalue weighted by Crippen LogP contribution is 2.55. The summed E-state index contributed by atoms with van der Waals surface area (Å²) in [6.07, 6.45) is 0.384. The fraction of sp³-hybridized carbons (Fsp3) is 0.857. The van der Waals surface area contributed by atoms with Gasteiger partial charge in [0, 0.05) is 0 Å². The summed E-state index contributed by atoms with van der Waals surface area (Å²) in [5.74, 6) is -1.41. The third-order valence-corrected chi connectivity index (χ3v) is 4.05. The van der Waals surface area contributed by atoms with Gasteiger partial charge in [0.15, 0.2) is 5.16 Å². The first-order valence-corrected chi connectivity index (χ1v) is 5.72. The number of hydrogen-bond donors (Lipinski definition) is 3. The molecule has 0 saturated carbocycles. The van der Waals surface area contributed by atoms with E-state index in [1.165, 1.54) is 6.92 Å². The van der Waals surface area contributed by atoms with Gasteiger partial charge in [-0.1, -0.05) is 20.3 Å². The zero-order valence-electron chi connectivity index (χ0n) is 7.73. The Morgan fingerprint density at radius 3 is 1.92 bits per heavy atom. The molecule has 0 fully saturated rings. The molecule has 5 nitrogen and oxygen atoms in total. The highest BCUT2D eigenvalue weighted by atomic mass is 31.2. The van der Waals surface area contributed by atoms with Gasteiger partial charge in [0.2, 0.25) is 0 Å². The van der Waals surface area contributed by atoms with Crippen molar-refractivity contribution in [3.63, 3.8) is 0 Å². The lowest BCUT2D eigenvalue weighted by atomic mass is 10.00. The Morgan fingerprint density at radius 2 is 1.85 bits per heavy atom. The highest BCUT2D eigenvalue weighted by molar-refractivity contribution is 7.54. The topological polar surface area (TPSA) is 94.8 Å². The van der Waals surface area contributed by atoms with Gasteiger partial charge in [-0.2, -0.15) is 0 Å². The third-order valence-electron chi connectivity index (χ3n) is 2.20. The van der Waals surface area contributed by atoms with Crippen LogP contribution in [0.3, 0.4) is 0 Å². The van der Waals surface area contributed by atoms with Gasteiger partial charge in [0.1, 0.15) is 0 Å². The van der Waals surface area contributed by atoms with Crippen LogP contribution >= 0.6 is 7.60 Å². The van der Waals surface area contributed by atoms with Crippen molar-refractivity contribution in [2.75, 3.05) is 0 Å². The van der Waals surface area contributed by atoms with Crippen LogP contribution in [0.1, 0.15) is 33.1 Å². The SMILES string of the molecule is CCCC(CC)(C(=O)O)P(=O)(O)O. The molecule has 0 rings (SSSR count). The summed E-state index contributed by atoms with van der Waals surface area (Å²) in [6, 6.07) is 0. The lowest BCUT2D eigenvalue weighted by Crippen LogP contribution is -2.37. The molecule has 3 N–H and O–H groups in total. The van der Waals surface area contributed by atoms with Crippen molar-refractivity contribution in [3.8, 4) is 0 Å². The first-order chi connectivity index (χ1) is 5.81. The number of carbonyl (C=O) groups is 1. The van der Waals surface area contributed by atoms with Crippen molar-refractivity contribution in [1.29, 1.82) is 0 Å². The van der Waals surface area contributed by atoms with Gasteiger partial charge in [0.25, 0.3) is 0 Å². The van der Waals surface area contributed by atoms with Crippen molar-refractivity contribution >= 4 is 13.6 Å². The van der Waals surface area contributed by atoms with Crippen molar-refractivity contribution in [3.05, 3.63) is 0 Å². The zero-order chi connectivity index (χ0) is 10.7. The predicted octanol–water partition coefficient (Wildman–Crippen LogP) is 1.20. The van der Waals surface area contributed by atoms with Crippen molar-refractivity contribution < 1.29 is 24.3 Å². The second-order valence-corrected chi connectivity index (χ2v) is 4.93. The van der Waals surface area contributed by atoms with Gasteiger partial charge in [-0.3, -0.25) is 9.36 Å². The predicted molar refractivity (Wildman–Crippen MR) is 47.6 cm³/mol. The Balaban J connectivity index is 5.11. The zero-order valence-corrected chi connectivity index (χ0v) is 8.62. The summed E-state index contributed by atoms with van der Waals surface area (Å²) < 4.78 is 11.0. The number of carboxylic acids is 1. The number of aliphatic carboxylic acids is 1. The van der Waals surface area contributed by atoms with Crippen LogP contribution in [0, 0.1) is 0 Å². The Bertz CT molecular complexity index is 233. The fourth-order valence-electron chi connectivity index (χ4n) is 1.32. The summed E-state index contributed by atoms with van der Waals surface area (Å²) in [7, 11) is -4.58. The fourth-order valence-corrected chi connectivity index (χ4v) is 2.50. The second-order valence-electron chi connectivity index (χ2n) is 2.98. The lowest BCUT2D eigenvalue weighted by molar-refractivity contribution is -0.141. The first kappa shape index (κ1) is 12.6. The van der Waals surface area contributed by atoms with Crippen LogP contribution in [0.25, 0.3) is 0 Å². The standard InChI is InChI=1S/C7H15O5P/c1-3-5-7(4-2,6(8)9)13(10,11)12/h3-5H2,1-2H3,(H,8,9)(H2,10,11,12). The van der Waals surface area contributed by atoms with Crippen LogP contribution in [0.4, 0.5) is 0 Å². The minimum absolute atomic E-state index is 0.00309. The summed E-state index contributed by atoms with van der Waals surface area (Å²) in [5.41, 5.74) is 0. The van der Waals surface area contributed by atoms with Gasteiger partial charge < -0.3 is 14.9 Å². The van der Waals surface area contributed by atoms with Crippen LogP contribution in [-0.2, 0) is 9.36 Å². The smallest absolute Gasteiger partial charge is 0.342 e. The molecule has 1 unspecified atom stereocenters. The van der Waals surface area contributed by atoms with Crippen LogP contribution < -0.4 is 0 Å². The molecule has 0 amide bonds. The largest absolute Gasteiger partial charge is 0.480 e. The molecule has 0 radical (unpaired) electrons. The van der Waals surface area contributed by atoms with E-state index in [2.05, 4.69) is 0 Å². The minimum Gasteiger partial charge on any atom is -0.480 e. The molecule has 0 aromatic rings. The lowest BCUT2D eigenvalue weighted by Gasteiger charge is -2.28. The van der Waals surface area contributed by atoms with Crippen LogP contribution in [0.2, 0.25) is 0 Å². The van der Waals surface area contributed by atoms with E-state index in [9.17, 15) is 9.36 Å². The molecular formula is C7H15O5P. The molecule has 1 atom stereocenters. The summed E-state index contributed by atoms with van der Waals surface area (Å²) >= 11 is 0. The summed E-state index contributed by atoms with van der Waals surface area (Å²) in [5, 5.41) is 6.91. The van der Waals surface area contributed by atoms with Crippen LogP contribution in [-0.4, -0.2) is 26.0 Å². The maximum Gasteiger partial charge on any atom is 0.342 e. The Morgan fingerprint density at radius 1 is 1.38 bits per heavy atom. The van der Waals surface area contributed by atoms with E-state index in [0.717, 1.165) is 0 Å². The summed E-state index contributed by atoms with van der Waals surface area (Å²) in [6.45, 7) is 3.17. The number of hydrogen-bond acceptors (Lipinski definition) is 2. The monoisotopic (exact) mass is 210 g/mol. The Hall–Kier alpha value is -0.380. The molecule has 0 spiro atoms. The van der Waals surface area contributed by atoms with E-state index in [-0.39, 0.29) is 12.8 Å². The number of carboxylic acid groups (broad SMARTS) is 1. The average molecular weight is 210 g/mol. The van der Waals surface area contributed by atoms with E-state index in [1.54, 1.807) is 6.92 Å². The van der Waals surface area contributed by atoms with E-state index in [0.29, 0.717) is 6.42 Å². The van der Waals surface area contributed by atoms with E-state index >= 15 is 0 Å². The van der Waals surface area contributed by atoms with Crippen molar-refractivity contribution in [1.82, 2.24) is 0 Å². The molecule has 0 aliphatic carbocycles. The van der Waals surface area contributed by atoms with E-state index in [4.69, 9.17) is 14.9 Å². The molecule has 0 aromatic carbocycles. The normalized spacial score (nSPS) is 16.6.